The number of allylic oxidation sites excluding steroid dienone is 1. The summed E-state index contributed by atoms with van der Waals surface area (Å²) in [5.74, 6) is -1.36. The van der Waals surface area contributed by atoms with Crippen molar-refractivity contribution in [2.24, 2.45) is 0 Å². The summed E-state index contributed by atoms with van der Waals surface area (Å²) in [6.07, 6.45) is 7.09. The second-order valence-corrected chi connectivity index (χ2v) is 16.3. The fourth-order valence-electron chi connectivity index (χ4n) is 7.59. The van der Waals surface area contributed by atoms with Crippen LogP contribution in [0.4, 0.5) is 0 Å². The Morgan fingerprint density at radius 2 is 1.12 bits per heavy atom. The van der Waals surface area contributed by atoms with Gasteiger partial charge < -0.3 is 0 Å². The van der Waals surface area contributed by atoms with Crippen molar-refractivity contribution in [2.45, 2.75) is 100.0 Å². The molecule has 0 unspecified atom stereocenters. The van der Waals surface area contributed by atoms with E-state index in [0.717, 1.165) is 39.2 Å². The Kier molecular flexibility index (Phi) is 21.0. The largest absolute Gasteiger partial charge is 0.0999 e. The molecule has 0 amide bonds. The molecule has 0 saturated heterocycles. The standard InChI is InChI=1S/C25H26N4O3.C25H24N4O3.CH3B.BS/c2*1-15(2)21-22(23(30)20-11-16(3)10-18(13-20)6-5-8-26)29(25(32)28-24(21)31)14-19-7-9-27-17(4)12-19;2*1-2/h7,9-13,15H,5-6,14H2,1-4H3,(H,28,31,32);5-7,9-13,15H,14H2,1-4H3,(H,28,31,32);1H3;/b;6-5+;;. The Hall–Kier alpha value is -7.49. The molecule has 0 fully saturated rings. The van der Waals surface area contributed by atoms with Crippen molar-refractivity contribution in [2.75, 3.05) is 0 Å². The van der Waals surface area contributed by atoms with E-state index < -0.39 is 28.3 Å². The van der Waals surface area contributed by atoms with Crippen LogP contribution in [0, 0.1) is 50.4 Å². The van der Waals surface area contributed by atoms with Crippen LogP contribution in [0.15, 0.2) is 98.3 Å². The normalized spacial score (nSPS) is 10.5. The monoisotopic (exact) mass is 927 g/mol. The average Bonchev–Trinajstić information content (AvgIpc) is 3.29. The first kappa shape index (κ1) is 54.8. The van der Waals surface area contributed by atoms with Crippen molar-refractivity contribution in [1.82, 2.24) is 29.1 Å². The van der Waals surface area contributed by atoms with Crippen molar-refractivity contribution in [1.29, 1.82) is 10.5 Å². The van der Waals surface area contributed by atoms with Gasteiger partial charge in [0.25, 0.3) is 11.1 Å². The van der Waals surface area contributed by atoms with Gasteiger partial charge in [-0.2, -0.15) is 10.5 Å². The number of nitriles is 2. The van der Waals surface area contributed by atoms with Gasteiger partial charge in [0.1, 0.15) is 11.4 Å². The summed E-state index contributed by atoms with van der Waals surface area (Å²) in [6.45, 7) is 20.5. The second kappa shape index (κ2) is 26.0. The number of aryl methyl sites for hydroxylation is 5. The van der Waals surface area contributed by atoms with Crippen LogP contribution >= 0.6 is 12.1 Å². The van der Waals surface area contributed by atoms with E-state index in [1.165, 1.54) is 22.0 Å². The van der Waals surface area contributed by atoms with Crippen molar-refractivity contribution < 1.29 is 9.59 Å². The van der Waals surface area contributed by atoms with Gasteiger partial charge in [0.15, 0.2) is 0 Å². The number of benzene rings is 2. The van der Waals surface area contributed by atoms with Gasteiger partial charge in [-0.15, -0.1) is 0 Å². The van der Waals surface area contributed by atoms with Gasteiger partial charge in [0.05, 0.1) is 33.1 Å². The number of hydrogen-bond acceptors (Lipinski definition) is 11. The molecule has 0 aliphatic rings. The number of pyridine rings is 2. The average molecular weight is 928 g/mol. The first-order valence-corrected chi connectivity index (χ1v) is 22.0. The number of rotatable bonds is 13. The van der Waals surface area contributed by atoms with E-state index >= 15 is 0 Å². The molecule has 0 spiro atoms. The van der Waals surface area contributed by atoms with Gasteiger partial charge in [-0.3, -0.25) is 48.2 Å². The molecule has 3 radical (unpaired) electrons. The molecular formula is C51H53B2N8O6S. The Labute approximate surface area is 403 Å². The Morgan fingerprint density at radius 1 is 0.676 bits per heavy atom. The molecule has 4 aromatic heterocycles. The molecule has 2 N–H and O–H groups in total. The summed E-state index contributed by atoms with van der Waals surface area (Å²) >= 11 is 3.58. The smallest absolute Gasteiger partial charge is 0.0606 e. The van der Waals surface area contributed by atoms with Crippen molar-refractivity contribution in [3.8, 4) is 12.1 Å². The van der Waals surface area contributed by atoms with Crippen LogP contribution in [0.3, 0.4) is 0 Å². The first-order chi connectivity index (χ1) is 32.4. The zero-order chi connectivity index (χ0) is 50.8. The third-order valence-corrected chi connectivity index (χ3v) is 10.3. The Bertz CT molecular complexity index is 3160. The summed E-state index contributed by atoms with van der Waals surface area (Å²) in [5, 5.41) is 17.7. The number of ketones is 2. The summed E-state index contributed by atoms with van der Waals surface area (Å²) in [4.78, 5) is 91.6. The minimum Gasteiger partial charge on any atom is -0.0999 e. The molecular weight excluding hydrogens is 874 g/mol. The number of aromatic nitrogens is 6. The first-order valence-electron chi connectivity index (χ1n) is 21.5. The molecule has 0 saturated carbocycles. The van der Waals surface area contributed by atoms with E-state index in [9.17, 15) is 28.8 Å². The van der Waals surface area contributed by atoms with Crippen LogP contribution in [0.25, 0.3) is 6.08 Å². The number of carbonyl (C=O) groups is 2. The van der Waals surface area contributed by atoms with E-state index in [1.807, 2.05) is 85.7 Å². The van der Waals surface area contributed by atoms with Gasteiger partial charge in [-0.05, 0) is 128 Å². The van der Waals surface area contributed by atoms with E-state index in [-0.39, 0.29) is 53.2 Å². The van der Waals surface area contributed by atoms with Crippen LogP contribution in [0.1, 0.15) is 134 Å². The predicted octanol–water partition coefficient (Wildman–Crippen LogP) is 7.37. The number of nitrogens with zero attached hydrogens (tertiary/aromatic N) is 6. The van der Waals surface area contributed by atoms with E-state index in [2.05, 4.69) is 52.6 Å². The summed E-state index contributed by atoms with van der Waals surface area (Å²) in [5.41, 5.74) is 5.47. The van der Waals surface area contributed by atoms with E-state index in [0.29, 0.717) is 29.5 Å². The summed E-state index contributed by atoms with van der Waals surface area (Å²) in [6, 6.07) is 21.9. The van der Waals surface area contributed by atoms with Gasteiger partial charge in [0, 0.05) is 58.5 Å². The third-order valence-electron chi connectivity index (χ3n) is 10.3. The van der Waals surface area contributed by atoms with Gasteiger partial charge in [-0.25, -0.2) is 9.59 Å². The minimum atomic E-state index is -0.644. The number of aromatic amines is 2. The van der Waals surface area contributed by atoms with Gasteiger partial charge in [0.2, 0.25) is 11.6 Å². The molecule has 345 valence electrons. The van der Waals surface area contributed by atoms with E-state index in [4.69, 9.17) is 10.5 Å². The summed E-state index contributed by atoms with van der Waals surface area (Å²) in [7, 11) is 4.50. The fourth-order valence-corrected chi connectivity index (χ4v) is 7.59. The Balaban J connectivity index is 0.000000336. The molecule has 2 aromatic carbocycles. The molecule has 0 bridgehead atoms. The van der Waals surface area contributed by atoms with Crippen LogP contribution in [-0.4, -0.2) is 55.2 Å². The van der Waals surface area contributed by atoms with Crippen molar-refractivity contribution in [3.63, 3.8) is 0 Å². The second-order valence-electron chi connectivity index (χ2n) is 16.3. The number of nitrogens with one attached hydrogen (secondary N) is 2. The van der Waals surface area contributed by atoms with Gasteiger partial charge in [-0.1, -0.05) is 52.2 Å². The fraction of sp³-hybridized carbons (Fsp3) is 0.294. The topological polar surface area (TPSA) is 217 Å². The molecule has 0 atom stereocenters. The summed E-state index contributed by atoms with van der Waals surface area (Å²) < 4.78 is 2.66. The van der Waals surface area contributed by atoms with Crippen LogP contribution in [0.5, 0.6) is 0 Å². The number of H-pyrrole nitrogens is 2. The maximum Gasteiger partial charge on any atom is 0.0606 e. The molecule has 6 rings (SSSR count). The SMILES string of the molecule is Cc1cc(/C=C/C#N)cc(C(=O)c2c(C(C)C)c(=O)[nH]c(=O)n2Cc2ccnc(C)c2)c1.Cc1cc(CCC#N)cc(C(=O)c2c(C(C)C)c(=O)[nH]c(=O)n2Cc2ccnc(C)c2)c1.[B]=S.[B]C. The predicted molar refractivity (Wildman–Crippen MR) is 270 cm³/mol. The molecule has 0 aliphatic carbocycles. The molecule has 14 nitrogen and oxygen atoms in total. The maximum absolute atomic E-state index is 13.7. The molecule has 17 heteroatoms. The third kappa shape index (κ3) is 14.3. The number of hydrogen-bond donors (Lipinski definition) is 2. The van der Waals surface area contributed by atoms with Crippen molar-refractivity contribution >= 4 is 44.3 Å². The maximum atomic E-state index is 13.7. The zero-order valence-corrected chi connectivity index (χ0v) is 40.6. The minimum absolute atomic E-state index is 0.0732. The zero-order valence-electron chi connectivity index (χ0n) is 39.8. The molecule has 0 aliphatic heterocycles. The van der Waals surface area contributed by atoms with Gasteiger partial charge >= 0.3 is 30.2 Å². The van der Waals surface area contributed by atoms with E-state index in [1.54, 1.807) is 54.9 Å². The Morgan fingerprint density at radius 3 is 1.53 bits per heavy atom. The van der Waals surface area contributed by atoms with Crippen LogP contribution in [0.2, 0.25) is 6.82 Å². The van der Waals surface area contributed by atoms with Crippen LogP contribution in [-0.2, 0) is 19.5 Å². The molecule has 68 heavy (non-hydrogen) atoms. The molecule has 6 aromatic rings. The van der Waals surface area contributed by atoms with Crippen molar-refractivity contribution in [3.05, 3.63) is 199 Å². The number of carbonyl (C=O) groups excluding carboxylic acids is 2. The molecule has 4 heterocycles. The van der Waals surface area contributed by atoms with Crippen LogP contribution < -0.4 is 22.5 Å². The quantitative estimate of drug-likeness (QED) is 0.0662.